The van der Waals surface area contributed by atoms with Crippen LogP contribution in [-0.4, -0.2) is 9.97 Å². The van der Waals surface area contributed by atoms with Crippen molar-refractivity contribution in [2.75, 3.05) is 11.1 Å². The quantitative estimate of drug-likeness (QED) is 0.688. The predicted molar refractivity (Wildman–Crippen MR) is 85.3 cm³/mol. The van der Waals surface area contributed by atoms with E-state index in [4.69, 9.17) is 5.73 Å². The van der Waals surface area contributed by atoms with Gasteiger partial charge in [0.2, 0.25) is 0 Å². The zero-order valence-electron chi connectivity index (χ0n) is 11.7. The molecule has 5 heteroatoms. The Bertz CT molecular complexity index is 854. The number of benzene rings is 1. The SMILES string of the molecule is Cc1ccc2[nH]c(=O)c(CNc3ncccc3N)cc2c1. The van der Waals surface area contributed by atoms with Crippen molar-refractivity contribution in [1.29, 1.82) is 0 Å². The molecule has 0 amide bonds. The van der Waals surface area contributed by atoms with Crippen LogP contribution in [0.3, 0.4) is 0 Å². The third-order valence-electron chi connectivity index (χ3n) is 3.36. The highest BCUT2D eigenvalue weighted by atomic mass is 16.1. The minimum Gasteiger partial charge on any atom is -0.396 e. The molecule has 3 aromatic rings. The Morgan fingerprint density at radius 1 is 1.29 bits per heavy atom. The van der Waals surface area contributed by atoms with Crippen LogP contribution < -0.4 is 16.6 Å². The van der Waals surface area contributed by atoms with E-state index in [9.17, 15) is 4.79 Å². The van der Waals surface area contributed by atoms with Gasteiger partial charge in [-0.05, 0) is 42.6 Å². The number of fused-ring (bicyclic) bond motifs is 1. The van der Waals surface area contributed by atoms with Crippen LogP contribution in [0.15, 0.2) is 47.4 Å². The summed E-state index contributed by atoms with van der Waals surface area (Å²) < 4.78 is 0. The first-order valence-electron chi connectivity index (χ1n) is 6.70. The molecule has 0 saturated carbocycles. The van der Waals surface area contributed by atoms with Gasteiger partial charge >= 0.3 is 0 Å². The van der Waals surface area contributed by atoms with Crippen molar-refractivity contribution in [3.05, 3.63) is 64.1 Å². The molecule has 21 heavy (non-hydrogen) atoms. The van der Waals surface area contributed by atoms with E-state index in [1.165, 1.54) is 0 Å². The average molecular weight is 280 g/mol. The Hall–Kier alpha value is -2.82. The van der Waals surface area contributed by atoms with Gasteiger partial charge in [-0.2, -0.15) is 0 Å². The molecule has 5 nitrogen and oxygen atoms in total. The number of aromatic amines is 1. The fourth-order valence-corrected chi connectivity index (χ4v) is 2.25. The van der Waals surface area contributed by atoms with Gasteiger partial charge in [0.1, 0.15) is 5.82 Å². The highest BCUT2D eigenvalue weighted by Crippen LogP contribution is 2.16. The molecule has 0 spiro atoms. The van der Waals surface area contributed by atoms with Gasteiger partial charge in [-0.3, -0.25) is 4.79 Å². The Morgan fingerprint density at radius 2 is 2.14 bits per heavy atom. The molecule has 2 aromatic heterocycles. The summed E-state index contributed by atoms with van der Waals surface area (Å²) in [5.41, 5.74) is 8.93. The summed E-state index contributed by atoms with van der Waals surface area (Å²) >= 11 is 0. The molecule has 1 aromatic carbocycles. The predicted octanol–water partition coefficient (Wildman–Crippen LogP) is 2.43. The molecule has 0 saturated heterocycles. The normalized spacial score (nSPS) is 10.7. The van der Waals surface area contributed by atoms with Gasteiger partial charge in [0.05, 0.1) is 5.69 Å². The molecule has 2 heterocycles. The van der Waals surface area contributed by atoms with Crippen LogP contribution in [0, 0.1) is 6.92 Å². The van der Waals surface area contributed by atoms with E-state index in [0.717, 1.165) is 16.5 Å². The molecule has 0 unspecified atom stereocenters. The van der Waals surface area contributed by atoms with E-state index in [0.29, 0.717) is 23.6 Å². The third kappa shape index (κ3) is 2.72. The summed E-state index contributed by atoms with van der Waals surface area (Å²) in [7, 11) is 0. The van der Waals surface area contributed by atoms with Gasteiger partial charge in [0.15, 0.2) is 0 Å². The Balaban J connectivity index is 1.92. The molecule has 0 fully saturated rings. The molecular weight excluding hydrogens is 264 g/mol. The number of pyridine rings is 2. The third-order valence-corrected chi connectivity index (χ3v) is 3.36. The number of nitrogens with zero attached hydrogens (tertiary/aromatic N) is 1. The van der Waals surface area contributed by atoms with Crippen molar-refractivity contribution >= 4 is 22.4 Å². The van der Waals surface area contributed by atoms with Crippen LogP contribution >= 0.6 is 0 Å². The second-order valence-electron chi connectivity index (χ2n) is 5.01. The van der Waals surface area contributed by atoms with E-state index in [2.05, 4.69) is 15.3 Å². The van der Waals surface area contributed by atoms with E-state index >= 15 is 0 Å². The van der Waals surface area contributed by atoms with Gasteiger partial charge in [0.25, 0.3) is 5.56 Å². The molecule has 4 N–H and O–H groups in total. The molecule has 0 aliphatic heterocycles. The molecule has 0 atom stereocenters. The van der Waals surface area contributed by atoms with Crippen LogP contribution in [0.1, 0.15) is 11.1 Å². The van der Waals surface area contributed by atoms with Crippen LogP contribution in [0.4, 0.5) is 11.5 Å². The number of hydrogen-bond acceptors (Lipinski definition) is 4. The summed E-state index contributed by atoms with van der Waals surface area (Å²) in [6.07, 6.45) is 1.66. The van der Waals surface area contributed by atoms with Crippen molar-refractivity contribution in [2.45, 2.75) is 13.5 Å². The van der Waals surface area contributed by atoms with Crippen LogP contribution in [0.2, 0.25) is 0 Å². The van der Waals surface area contributed by atoms with Crippen LogP contribution in [0.5, 0.6) is 0 Å². The molecule has 0 aliphatic rings. The molecular formula is C16H16N4O. The average Bonchev–Trinajstić information content (AvgIpc) is 2.47. The fraction of sp³-hybridized carbons (Fsp3) is 0.125. The first-order chi connectivity index (χ1) is 10.1. The summed E-state index contributed by atoms with van der Waals surface area (Å²) in [6, 6.07) is 11.4. The molecule has 0 bridgehead atoms. The Labute approximate surface area is 121 Å². The summed E-state index contributed by atoms with van der Waals surface area (Å²) in [5.74, 6) is 0.584. The number of nitrogens with one attached hydrogen (secondary N) is 2. The lowest BCUT2D eigenvalue weighted by Crippen LogP contribution is -2.16. The van der Waals surface area contributed by atoms with Gasteiger partial charge in [-0.1, -0.05) is 11.6 Å². The molecule has 0 radical (unpaired) electrons. The minimum absolute atomic E-state index is 0.103. The van der Waals surface area contributed by atoms with E-state index in [1.54, 1.807) is 18.3 Å². The first kappa shape index (κ1) is 13.2. The number of aromatic nitrogens is 2. The number of hydrogen-bond donors (Lipinski definition) is 3. The van der Waals surface area contributed by atoms with E-state index in [-0.39, 0.29) is 5.56 Å². The lowest BCUT2D eigenvalue weighted by Gasteiger charge is -2.08. The maximum Gasteiger partial charge on any atom is 0.253 e. The Morgan fingerprint density at radius 3 is 2.95 bits per heavy atom. The second-order valence-corrected chi connectivity index (χ2v) is 5.01. The first-order valence-corrected chi connectivity index (χ1v) is 6.70. The summed E-state index contributed by atoms with van der Waals surface area (Å²) in [5, 5.41) is 4.11. The number of rotatable bonds is 3. The van der Waals surface area contributed by atoms with Crippen molar-refractivity contribution in [2.24, 2.45) is 0 Å². The summed E-state index contributed by atoms with van der Waals surface area (Å²) in [6.45, 7) is 2.40. The zero-order valence-corrected chi connectivity index (χ0v) is 11.7. The van der Waals surface area contributed by atoms with Gasteiger partial charge in [-0.25, -0.2) is 4.98 Å². The molecule has 106 valence electrons. The highest BCUT2D eigenvalue weighted by Gasteiger charge is 2.05. The van der Waals surface area contributed by atoms with Crippen molar-refractivity contribution in [1.82, 2.24) is 9.97 Å². The van der Waals surface area contributed by atoms with Crippen molar-refractivity contribution < 1.29 is 0 Å². The highest BCUT2D eigenvalue weighted by molar-refractivity contribution is 5.79. The van der Waals surface area contributed by atoms with Crippen LogP contribution in [0.25, 0.3) is 10.9 Å². The van der Waals surface area contributed by atoms with Crippen molar-refractivity contribution in [3.63, 3.8) is 0 Å². The van der Waals surface area contributed by atoms with Gasteiger partial charge in [-0.15, -0.1) is 0 Å². The number of anilines is 2. The second kappa shape index (κ2) is 5.28. The molecule has 3 rings (SSSR count). The number of nitrogen functional groups attached to an aromatic ring is 1. The lowest BCUT2D eigenvalue weighted by molar-refractivity contribution is 1.07. The zero-order chi connectivity index (χ0) is 14.8. The maximum absolute atomic E-state index is 12.1. The standard InChI is InChI=1S/C16H16N4O/c1-10-4-5-14-11(7-10)8-12(16(21)20-14)9-19-15-13(17)3-2-6-18-15/h2-8H,9,17H2,1H3,(H,18,19)(H,20,21). The fourth-order valence-electron chi connectivity index (χ4n) is 2.25. The monoisotopic (exact) mass is 280 g/mol. The maximum atomic E-state index is 12.1. The van der Waals surface area contributed by atoms with Gasteiger partial charge in [0, 0.05) is 23.8 Å². The largest absolute Gasteiger partial charge is 0.396 e. The lowest BCUT2D eigenvalue weighted by atomic mass is 10.1. The number of nitrogens with two attached hydrogens (primary N) is 1. The number of H-pyrrole nitrogens is 1. The van der Waals surface area contributed by atoms with Crippen molar-refractivity contribution in [3.8, 4) is 0 Å². The van der Waals surface area contributed by atoms with Gasteiger partial charge < -0.3 is 16.0 Å². The van der Waals surface area contributed by atoms with E-state index in [1.807, 2.05) is 31.2 Å². The smallest absolute Gasteiger partial charge is 0.253 e. The topological polar surface area (TPSA) is 83.8 Å². The Kier molecular flexibility index (Phi) is 3.31. The molecule has 0 aliphatic carbocycles. The number of aryl methyl sites for hydroxylation is 1. The summed E-state index contributed by atoms with van der Waals surface area (Å²) in [4.78, 5) is 19.1. The van der Waals surface area contributed by atoms with Crippen LogP contribution in [-0.2, 0) is 6.54 Å². The van der Waals surface area contributed by atoms with E-state index < -0.39 is 0 Å². The minimum atomic E-state index is -0.103.